The molecule has 7 nitrogen and oxygen atoms in total. The molecule has 1 atom stereocenters. The summed E-state index contributed by atoms with van der Waals surface area (Å²) >= 11 is 6.03. The fourth-order valence-corrected chi connectivity index (χ4v) is 4.00. The summed E-state index contributed by atoms with van der Waals surface area (Å²) in [5.74, 6) is -1.36. The zero-order chi connectivity index (χ0) is 21.5. The molecule has 0 spiro atoms. The van der Waals surface area contributed by atoms with E-state index in [0.29, 0.717) is 29.6 Å². The Morgan fingerprint density at radius 3 is 2.17 bits per heavy atom. The first-order valence-electron chi connectivity index (χ1n) is 9.54. The lowest BCUT2D eigenvalue weighted by Crippen LogP contribution is -2.36. The average molecular weight is 450 g/mol. The molecule has 0 saturated carbocycles. The Kier molecular flexibility index (Phi) is 7.84. The molecular weight excluding hydrogens is 426 g/mol. The van der Waals surface area contributed by atoms with Crippen LogP contribution in [0.25, 0.3) is 0 Å². The molecule has 0 aliphatic carbocycles. The van der Waals surface area contributed by atoms with Gasteiger partial charge in [-0.3, -0.25) is 13.8 Å². The molecule has 2 N–H and O–H groups in total. The number of carbonyl (C=O) groups is 2. The standard InChI is InChI=1S/C21H24ClN3O4S/c1-15-2-3-17(12-19(15)22)24-21(27)14-30(28)13-20(26)23-16-4-6-18(7-5-16)25-8-10-29-11-9-25/h2-7,12H,8-11,13-14H2,1H3,(H,23,26)(H,24,27)/t30-/m0/s1. The number of aryl methyl sites for hydroxylation is 1. The molecule has 2 aromatic rings. The van der Waals surface area contributed by atoms with Gasteiger partial charge in [0, 0.05) is 46.0 Å². The SMILES string of the molecule is Cc1ccc(NC(=O)C[S@@](=O)CC(=O)Nc2ccc(N3CCOCC3)cc2)cc1Cl. The van der Waals surface area contributed by atoms with Gasteiger partial charge in [0.15, 0.2) is 0 Å². The fourth-order valence-electron chi connectivity index (χ4n) is 2.99. The quantitative estimate of drug-likeness (QED) is 0.678. The normalized spacial score (nSPS) is 14.8. The molecule has 1 aliphatic rings. The highest BCUT2D eigenvalue weighted by Crippen LogP contribution is 2.20. The van der Waals surface area contributed by atoms with E-state index in [1.165, 1.54) is 0 Å². The van der Waals surface area contributed by atoms with Gasteiger partial charge in [-0.25, -0.2) is 0 Å². The van der Waals surface area contributed by atoms with E-state index in [2.05, 4.69) is 15.5 Å². The Balaban J connectivity index is 1.45. The maximum atomic E-state index is 12.2. The third kappa shape index (κ3) is 6.55. The Bertz CT molecular complexity index is 930. The van der Waals surface area contributed by atoms with Crippen LogP contribution in [0.4, 0.5) is 17.1 Å². The van der Waals surface area contributed by atoms with Crippen LogP contribution in [-0.2, 0) is 25.1 Å². The van der Waals surface area contributed by atoms with Crippen LogP contribution >= 0.6 is 11.6 Å². The summed E-state index contributed by atoms with van der Waals surface area (Å²) in [7, 11) is -1.62. The summed E-state index contributed by atoms with van der Waals surface area (Å²) < 4.78 is 17.5. The van der Waals surface area contributed by atoms with Crippen molar-refractivity contribution in [3.8, 4) is 0 Å². The predicted molar refractivity (Wildman–Crippen MR) is 121 cm³/mol. The predicted octanol–water partition coefficient (Wildman–Crippen LogP) is 2.81. The van der Waals surface area contributed by atoms with Gasteiger partial charge in [-0.05, 0) is 48.9 Å². The number of halogens is 1. The molecule has 0 radical (unpaired) electrons. The van der Waals surface area contributed by atoms with Crippen molar-refractivity contribution >= 4 is 51.3 Å². The van der Waals surface area contributed by atoms with Gasteiger partial charge in [0.1, 0.15) is 11.5 Å². The lowest BCUT2D eigenvalue weighted by atomic mass is 10.2. The zero-order valence-electron chi connectivity index (χ0n) is 16.7. The molecule has 0 aromatic heterocycles. The number of ether oxygens (including phenoxy) is 1. The van der Waals surface area contributed by atoms with Crippen LogP contribution in [0.3, 0.4) is 0 Å². The van der Waals surface area contributed by atoms with E-state index in [1.54, 1.807) is 30.3 Å². The van der Waals surface area contributed by atoms with Gasteiger partial charge in [-0.1, -0.05) is 17.7 Å². The minimum atomic E-state index is -1.62. The zero-order valence-corrected chi connectivity index (χ0v) is 18.2. The summed E-state index contributed by atoms with van der Waals surface area (Å²) in [6, 6.07) is 12.6. The van der Waals surface area contributed by atoms with E-state index >= 15 is 0 Å². The smallest absolute Gasteiger partial charge is 0.237 e. The molecule has 9 heteroatoms. The average Bonchev–Trinajstić information content (AvgIpc) is 2.71. The first-order chi connectivity index (χ1) is 14.4. The van der Waals surface area contributed by atoms with Crippen LogP contribution < -0.4 is 15.5 Å². The third-order valence-electron chi connectivity index (χ3n) is 4.57. The Labute approximate surface area is 183 Å². The van der Waals surface area contributed by atoms with Gasteiger partial charge in [0.25, 0.3) is 0 Å². The van der Waals surface area contributed by atoms with Crippen molar-refractivity contribution < 1.29 is 18.5 Å². The monoisotopic (exact) mass is 449 g/mol. The third-order valence-corrected chi connectivity index (χ3v) is 6.14. The molecule has 2 aromatic carbocycles. The summed E-state index contributed by atoms with van der Waals surface area (Å²) in [5, 5.41) is 5.89. The van der Waals surface area contributed by atoms with Crippen LogP contribution in [-0.4, -0.2) is 53.8 Å². The van der Waals surface area contributed by atoms with Gasteiger partial charge in [-0.2, -0.15) is 0 Å². The number of hydrogen-bond acceptors (Lipinski definition) is 5. The molecule has 1 heterocycles. The highest BCUT2D eigenvalue weighted by molar-refractivity contribution is 7.86. The second-order valence-corrected chi connectivity index (χ2v) is 8.80. The van der Waals surface area contributed by atoms with Crippen molar-refractivity contribution in [2.75, 3.05) is 53.3 Å². The van der Waals surface area contributed by atoms with Crippen LogP contribution in [0.5, 0.6) is 0 Å². The van der Waals surface area contributed by atoms with Crippen LogP contribution in [0.1, 0.15) is 5.56 Å². The van der Waals surface area contributed by atoms with E-state index < -0.39 is 22.6 Å². The van der Waals surface area contributed by atoms with Crippen LogP contribution in [0.2, 0.25) is 5.02 Å². The van der Waals surface area contributed by atoms with Gasteiger partial charge in [0.2, 0.25) is 11.8 Å². The van der Waals surface area contributed by atoms with E-state index in [0.717, 1.165) is 24.3 Å². The minimum Gasteiger partial charge on any atom is -0.378 e. The van der Waals surface area contributed by atoms with Crippen molar-refractivity contribution in [3.63, 3.8) is 0 Å². The molecule has 0 unspecified atom stereocenters. The molecule has 1 aliphatic heterocycles. The van der Waals surface area contributed by atoms with E-state index in [-0.39, 0.29) is 11.5 Å². The molecule has 2 amide bonds. The minimum absolute atomic E-state index is 0.257. The number of benzene rings is 2. The fraction of sp³-hybridized carbons (Fsp3) is 0.333. The highest BCUT2D eigenvalue weighted by Gasteiger charge is 2.14. The molecule has 0 bridgehead atoms. The van der Waals surface area contributed by atoms with E-state index in [9.17, 15) is 13.8 Å². The van der Waals surface area contributed by atoms with Crippen molar-refractivity contribution in [1.82, 2.24) is 0 Å². The highest BCUT2D eigenvalue weighted by atomic mass is 35.5. The van der Waals surface area contributed by atoms with Gasteiger partial charge in [-0.15, -0.1) is 0 Å². The Morgan fingerprint density at radius 2 is 1.57 bits per heavy atom. The maximum Gasteiger partial charge on any atom is 0.237 e. The second-order valence-electron chi connectivity index (χ2n) is 6.94. The molecule has 1 fully saturated rings. The van der Waals surface area contributed by atoms with Crippen molar-refractivity contribution in [1.29, 1.82) is 0 Å². The number of anilines is 3. The number of amides is 2. The largest absolute Gasteiger partial charge is 0.378 e. The maximum absolute atomic E-state index is 12.2. The molecule has 1 saturated heterocycles. The summed E-state index contributed by atoms with van der Waals surface area (Å²) in [4.78, 5) is 26.4. The van der Waals surface area contributed by atoms with E-state index in [4.69, 9.17) is 16.3 Å². The topological polar surface area (TPSA) is 87.7 Å². The molecule has 3 rings (SSSR count). The molecule has 30 heavy (non-hydrogen) atoms. The summed E-state index contributed by atoms with van der Waals surface area (Å²) in [6.45, 7) is 4.94. The van der Waals surface area contributed by atoms with Gasteiger partial charge >= 0.3 is 0 Å². The van der Waals surface area contributed by atoms with E-state index in [1.807, 2.05) is 19.1 Å². The lowest BCUT2D eigenvalue weighted by molar-refractivity contribution is -0.114. The Morgan fingerprint density at radius 1 is 1.00 bits per heavy atom. The molecular formula is C21H24ClN3O4S. The number of carbonyl (C=O) groups excluding carboxylic acids is 2. The first kappa shape index (κ1) is 22.3. The lowest BCUT2D eigenvalue weighted by Gasteiger charge is -2.28. The number of nitrogens with one attached hydrogen (secondary N) is 2. The first-order valence-corrected chi connectivity index (χ1v) is 11.4. The summed E-state index contributed by atoms with van der Waals surface area (Å²) in [6.07, 6.45) is 0. The number of nitrogens with zero attached hydrogens (tertiary/aromatic N) is 1. The van der Waals surface area contributed by atoms with Gasteiger partial charge < -0.3 is 20.3 Å². The number of rotatable bonds is 7. The van der Waals surface area contributed by atoms with Crippen molar-refractivity contribution in [2.24, 2.45) is 0 Å². The Hall–Kier alpha value is -2.42. The van der Waals surface area contributed by atoms with Crippen molar-refractivity contribution in [3.05, 3.63) is 53.1 Å². The van der Waals surface area contributed by atoms with Crippen LogP contribution in [0.15, 0.2) is 42.5 Å². The van der Waals surface area contributed by atoms with Crippen LogP contribution in [0, 0.1) is 6.92 Å². The van der Waals surface area contributed by atoms with Gasteiger partial charge in [0.05, 0.1) is 13.2 Å². The second kappa shape index (κ2) is 10.6. The van der Waals surface area contributed by atoms with Crippen molar-refractivity contribution in [2.45, 2.75) is 6.92 Å². The number of morpholine rings is 1. The number of hydrogen-bond donors (Lipinski definition) is 2. The summed E-state index contributed by atoms with van der Waals surface area (Å²) in [5.41, 5.74) is 3.10. The molecule has 160 valence electrons.